The smallest absolute Gasteiger partial charge is 0.305 e. The summed E-state index contributed by atoms with van der Waals surface area (Å²) in [4.78, 5) is 86.8. The highest BCUT2D eigenvalue weighted by atomic mass is 16.5. The molecule has 16 bridgehead atoms. The first kappa shape index (κ1) is 61.4. The third-order valence-corrected chi connectivity index (χ3v) is 17.9. The fourth-order valence-electron chi connectivity index (χ4n) is 12.5. The van der Waals surface area contributed by atoms with Crippen LogP contribution in [0.1, 0.15) is 176 Å². The van der Waals surface area contributed by atoms with Gasteiger partial charge < -0.3 is 38.9 Å². The number of nitrogens with one attached hydrogen (secondary N) is 4. The van der Waals surface area contributed by atoms with Gasteiger partial charge in [-0.1, -0.05) is 44.4 Å². The first-order chi connectivity index (χ1) is 42.2. The van der Waals surface area contributed by atoms with E-state index in [4.69, 9.17) is 38.9 Å². The molecule has 0 saturated carbocycles. The number of esters is 4. The van der Waals surface area contributed by atoms with Gasteiger partial charge >= 0.3 is 23.9 Å². The van der Waals surface area contributed by atoms with E-state index in [0.29, 0.717) is 42.8 Å². The number of methoxy groups -OCH3 is 4. The first-order valence-corrected chi connectivity index (χ1v) is 29.7. The Hall–Kier alpha value is -9.70. The quantitative estimate of drug-likeness (QED) is 0.0495. The maximum absolute atomic E-state index is 12.8. The molecule has 6 aromatic rings. The van der Waals surface area contributed by atoms with Crippen molar-refractivity contribution >= 4 is 125 Å². The summed E-state index contributed by atoms with van der Waals surface area (Å²) in [5, 5.41) is 0. The van der Waals surface area contributed by atoms with Gasteiger partial charge in [0.25, 0.3) is 0 Å². The van der Waals surface area contributed by atoms with Crippen LogP contribution in [-0.4, -0.2) is 92.2 Å². The van der Waals surface area contributed by atoms with E-state index in [1.54, 1.807) is 0 Å². The zero-order valence-corrected chi connectivity index (χ0v) is 52.6. The van der Waals surface area contributed by atoms with E-state index < -0.39 is 0 Å². The summed E-state index contributed by atoms with van der Waals surface area (Å²) < 4.78 is 20.4. The van der Waals surface area contributed by atoms with Crippen LogP contribution in [-0.2, 0) is 44.5 Å². The lowest BCUT2D eigenvalue weighted by Gasteiger charge is -2.08. The fourth-order valence-corrected chi connectivity index (χ4v) is 12.5. The molecule has 10 rings (SSSR count). The van der Waals surface area contributed by atoms with E-state index >= 15 is 0 Å². The Morgan fingerprint density at radius 3 is 1.33 bits per heavy atom. The number of hydrogen-bond donors (Lipinski definition) is 4. The third kappa shape index (κ3) is 11.8. The number of fused-ring (bicyclic) bond motifs is 16. The Bertz CT molecular complexity index is 4510. The van der Waals surface area contributed by atoms with Crippen molar-refractivity contribution in [3.63, 3.8) is 0 Å². The van der Waals surface area contributed by atoms with Crippen LogP contribution in [0.3, 0.4) is 0 Å². The Morgan fingerprint density at radius 1 is 0.420 bits per heavy atom. The number of hydrogen-bond acceptors (Lipinski definition) is 12. The molecule has 0 aliphatic carbocycles. The topological polar surface area (TPSA) is 220 Å². The lowest BCUT2D eigenvalue weighted by atomic mass is 9.96. The molecule has 6 aromatic heterocycles. The first-order valence-electron chi connectivity index (χ1n) is 29.7. The van der Waals surface area contributed by atoms with Crippen LogP contribution in [0.2, 0.25) is 0 Å². The molecule has 1 unspecified atom stereocenters. The Kier molecular flexibility index (Phi) is 17.7. The molecule has 452 valence electrons. The third-order valence-electron chi connectivity index (χ3n) is 17.9. The summed E-state index contributed by atoms with van der Waals surface area (Å²) in [5.41, 5.74) is 28.0. The van der Waals surface area contributed by atoms with E-state index in [2.05, 4.69) is 104 Å². The van der Waals surface area contributed by atoms with Crippen LogP contribution >= 0.6 is 0 Å². The second-order valence-electron chi connectivity index (χ2n) is 22.9. The Morgan fingerprint density at radius 2 is 0.795 bits per heavy atom. The molecule has 4 N–H and O–H groups in total. The van der Waals surface area contributed by atoms with Crippen molar-refractivity contribution in [3.05, 3.63) is 164 Å². The van der Waals surface area contributed by atoms with Gasteiger partial charge in [0.05, 0.1) is 74.0 Å². The second-order valence-corrected chi connectivity index (χ2v) is 22.9. The van der Waals surface area contributed by atoms with Gasteiger partial charge in [-0.05, 0) is 202 Å². The van der Waals surface area contributed by atoms with Gasteiger partial charge in [-0.25, -0.2) is 19.9 Å². The molecule has 0 radical (unpaired) electrons. The minimum Gasteiger partial charge on any atom is -0.469 e. The van der Waals surface area contributed by atoms with Crippen LogP contribution in [0, 0.1) is 27.7 Å². The molecule has 88 heavy (non-hydrogen) atoms. The van der Waals surface area contributed by atoms with E-state index in [9.17, 15) is 19.2 Å². The number of carbonyl (C=O) groups excluding carboxylic acids is 4. The molecule has 16 heteroatoms. The molecule has 1 atom stereocenters. The SMILES string of the molecule is C=CC1=C(C)c2cc3nc(cc4[nH]c(cc5[nH]c(cc1n2)c(C)c5C(C)/C=C/c1c(C)c2cc5[nH]c(cc6nc(cc7nc(cc1[nH]2)C(C)=C7CCC(=O)OC)C(CCC(=O)OC)=C6C)c(C)c5C=C)c(C)c4CCC(=O)OC)C(CCC(=O)OC)=C3C. The largest absolute Gasteiger partial charge is 0.469 e. The van der Waals surface area contributed by atoms with E-state index in [0.717, 1.165) is 162 Å². The van der Waals surface area contributed by atoms with E-state index in [-0.39, 0.29) is 55.5 Å². The van der Waals surface area contributed by atoms with Crippen LogP contribution in [0.5, 0.6) is 0 Å². The number of aryl methyl sites for hydroxylation is 5. The number of aromatic amines is 4. The van der Waals surface area contributed by atoms with Crippen molar-refractivity contribution in [2.24, 2.45) is 0 Å². The highest BCUT2D eigenvalue weighted by Gasteiger charge is 2.26. The molecule has 4 aliphatic rings. The van der Waals surface area contributed by atoms with Gasteiger partial charge in [0.1, 0.15) is 0 Å². The van der Waals surface area contributed by atoms with Crippen molar-refractivity contribution in [2.45, 2.75) is 120 Å². The van der Waals surface area contributed by atoms with Gasteiger partial charge in [-0.3, -0.25) is 19.2 Å². The zero-order valence-electron chi connectivity index (χ0n) is 52.6. The second kappa shape index (κ2) is 25.3. The minimum absolute atomic E-state index is 0.152. The van der Waals surface area contributed by atoms with Crippen LogP contribution in [0.15, 0.2) is 73.8 Å². The number of allylic oxidation sites excluding steroid dienone is 10. The zero-order chi connectivity index (χ0) is 63.0. The summed E-state index contributed by atoms with van der Waals surface area (Å²) in [6.45, 7) is 27.2. The van der Waals surface area contributed by atoms with Gasteiger partial charge in [0.15, 0.2) is 0 Å². The summed E-state index contributed by atoms with van der Waals surface area (Å²) in [6.07, 6.45) is 10.4. The highest BCUT2D eigenvalue weighted by molar-refractivity contribution is 6.00. The lowest BCUT2D eigenvalue weighted by molar-refractivity contribution is -0.141. The average molecular weight is 1180 g/mol. The molecule has 0 saturated heterocycles. The van der Waals surface area contributed by atoms with Crippen molar-refractivity contribution in [2.75, 3.05) is 28.4 Å². The Labute approximate surface area is 512 Å². The molecular formula is C72H76N8O8. The highest BCUT2D eigenvalue weighted by Crippen LogP contribution is 2.41. The normalized spacial score (nSPS) is 13.6. The Balaban J connectivity index is 1.21. The van der Waals surface area contributed by atoms with Crippen molar-refractivity contribution in [1.29, 1.82) is 0 Å². The van der Waals surface area contributed by atoms with E-state index in [1.165, 1.54) is 28.4 Å². The van der Waals surface area contributed by atoms with Crippen molar-refractivity contribution in [1.82, 2.24) is 39.9 Å². The number of aromatic nitrogens is 8. The number of ether oxygens (including phenoxy) is 4. The monoisotopic (exact) mass is 1180 g/mol. The molecule has 0 spiro atoms. The van der Waals surface area contributed by atoms with Crippen molar-refractivity contribution < 1.29 is 38.1 Å². The predicted molar refractivity (Wildman–Crippen MR) is 353 cm³/mol. The van der Waals surface area contributed by atoms with Gasteiger partial charge in [-0.15, -0.1) is 0 Å². The molecule has 16 nitrogen and oxygen atoms in total. The summed E-state index contributed by atoms with van der Waals surface area (Å²) in [6, 6.07) is 16.5. The summed E-state index contributed by atoms with van der Waals surface area (Å²) in [5.74, 6) is -1.46. The summed E-state index contributed by atoms with van der Waals surface area (Å²) in [7, 11) is 5.58. The lowest BCUT2D eigenvalue weighted by Crippen LogP contribution is -2.02. The average Bonchev–Trinajstić information content (AvgIpc) is 3.05. The van der Waals surface area contributed by atoms with Gasteiger partial charge in [0, 0.05) is 92.4 Å². The van der Waals surface area contributed by atoms with Crippen LogP contribution in [0.4, 0.5) is 0 Å². The van der Waals surface area contributed by atoms with Crippen molar-refractivity contribution in [3.8, 4) is 0 Å². The van der Waals surface area contributed by atoms with Gasteiger partial charge in [0.2, 0.25) is 0 Å². The standard InChI is InChI=1S/C72H76N8O8/c1-16-45-37(4)52-28-54-40(7)48(20-24-68(81)85-12)63(75-54)34-65-50(22-26-70(83)87-14)42(9)57(78-65)31-62-47(39(6)56(77-62)30-60(45)73-52)19-18-36(3)72-44(11)59-32-61-46(17-2)38(5)53(74-61)29-55-41(8)49(21-25-69(82)86-13)64(76-55)35-66-51(23-27-71(84)88-15)43(10)58(79-66)33-67(72)80-59/h16-19,28-36,73,77,79-80H,1-2,20-27H2,3-15H3/b19-18+,52-28?,53-29?,54-28?,55-29?,56-30?,57-31?,58-33?,59-32?,60-30?,61-32?,62-31?,63-34?,64-35?,65-34?,66-35?,67-33?. The predicted octanol–water partition coefficient (Wildman–Crippen LogP) is 15.5. The molecule has 0 aromatic carbocycles. The number of nitrogens with zero attached hydrogens (tertiary/aromatic N) is 4. The molecule has 0 fully saturated rings. The number of rotatable bonds is 17. The molecule has 4 aliphatic heterocycles. The number of carbonyl (C=O) groups is 4. The fraction of sp³-hybridized carbons (Fsp3) is 0.306. The van der Waals surface area contributed by atoms with Crippen LogP contribution < -0.4 is 0 Å². The van der Waals surface area contributed by atoms with Crippen LogP contribution in [0.25, 0.3) is 101 Å². The maximum atomic E-state index is 12.8. The molecule has 10 heterocycles. The molecule has 0 amide bonds. The van der Waals surface area contributed by atoms with Gasteiger partial charge in [-0.2, -0.15) is 0 Å². The summed E-state index contributed by atoms with van der Waals surface area (Å²) >= 11 is 0. The van der Waals surface area contributed by atoms with E-state index in [1.807, 2.05) is 64.1 Å². The molecular weight excluding hydrogens is 1100 g/mol. The maximum Gasteiger partial charge on any atom is 0.305 e. The number of H-pyrrole nitrogens is 4. The minimum atomic E-state index is -0.329.